The largest absolute Gasteiger partial charge is 0.387 e. The first-order chi connectivity index (χ1) is 7.24. The molecule has 0 aliphatic rings. The molecule has 1 aromatic carbocycles. The third-order valence-corrected chi connectivity index (χ3v) is 3.02. The smallest absolute Gasteiger partial charge is 0.0914 e. The van der Waals surface area contributed by atoms with E-state index in [4.69, 9.17) is 0 Å². The summed E-state index contributed by atoms with van der Waals surface area (Å²) in [6.45, 7) is 3.79. The van der Waals surface area contributed by atoms with Crippen LogP contribution in [0.4, 0.5) is 0 Å². The SMILES string of the molecule is CCCCNCC(O)c1ccc(I)cc1.Cl. The predicted octanol–water partition coefficient (Wildman–Crippen LogP) is 3.14. The van der Waals surface area contributed by atoms with Crippen LogP contribution >= 0.6 is 35.0 Å². The lowest BCUT2D eigenvalue weighted by Crippen LogP contribution is -2.22. The van der Waals surface area contributed by atoms with Crippen molar-refractivity contribution < 1.29 is 5.11 Å². The Hall–Kier alpha value is 0.160. The topological polar surface area (TPSA) is 32.3 Å². The Balaban J connectivity index is 0.00000225. The molecule has 2 nitrogen and oxygen atoms in total. The third-order valence-electron chi connectivity index (χ3n) is 2.30. The normalized spacial score (nSPS) is 11.9. The first-order valence-corrected chi connectivity index (χ1v) is 6.46. The molecule has 0 saturated heterocycles. The number of aliphatic hydroxyl groups excluding tert-OH is 1. The molecule has 1 unspecified atom stereocenters. The van der Waals surface area contributed by atoms with Gasteiger partial charge in [0.05, 0.1) is 6.10 Å². The quantitative estimate of drug-likeness (QED) is 0.607. The molecule has 0 spiro atoms. The van der Waals surface area contributed by atoms with Gasteiger partial charge in [-0.05, 0) is 53.3 Å². The summed E-state index contributed by atoms with van der Waals surface area (Å²) in [5.74, 6) is 0. The van der Waals surface area contributed by atoms with Gasteiger partial charge in [-0.2, -0.15) is 0 Å². The number of hydrogen-bond acceptors (Lipinski definition) is 2. The van der Waals surface area contributed by atoms with Crippen LogP contribution in [0.15, 0.2) is 24.3 Å². The second-order valence-electron chi connectivity index (χ2n) is 3.63. The summed E-state index contributed by atoms with van der Waals surface area (Å²) < 4.78 is 1.20. The molecule has 0 heterocycles. The highest BCUT2D eigenvalue weighted by atomic mass is 127. The number of rotatable bonds is 6. The van der Waals surface area contributed by atoms with Crippen LogP contribution in [0, 0.1) is 3.57 Å². The Morgan fingerprint density at radius 1 is 1.31 bits per heavy atom. The zero-order valence-corrected chi connectivity index (χ0v) is 12.4. The van der Waals surface area contributed by atoms with Gasteiger partial charge in [0.15, 0.2) is 0 Å². The van der Waals surface area contributed by atoms with Crippen molar-refractivity contribution in [3.8, 4) is 0 Å². The van der Waals surface area contributed by atoms with E-state index in [-0.39, 0.29) is 18.5 Å². The zero-order chi connectivity index (χ0) is 11.1. The van der Waals surface area contributed by atoms with Crippen LogP contribution < -0.4 is 5.32 Å². The van der Waals surface area contributed by atoms with Crippen molar-refractivity contribution in [1.29, 1.82) is 0 Å². The maximum Gasteiger partial charge on any atom is 0.0914 e. The molecule has 0 radical (unpaired) electrons. The molecule has 0 aliphatic carbocycles. The fourth-order valence-electron chi connectivity index (χ4n) is 1.34. The number of hydrogen-bond donors (Lipinski definition) is 2. The van der Waals surface area contributed by atoms with Crippen LogP contribution in [0.1, 0.15) is 31.4 Å². The van der Waals surface area contributed by atoms with E-state index in [2.05, 4.69) is 34.8 Å². The highest BCUT2D eigenvalue weighted by Crippen LogP contribution is 2.13. The van der Waals surface area contributed by atoms with Crippen molar-refractivity contribution in [1.82, 2.24) is 5.32 Å². The van der Waals surface area contributed by atoms with Gasteiger partial charge in [-0.1, -0.05) is 25.5 Å². The van der Waals surface area contributed by atoms with Gasteiger partial charge in [0, 0.05) is 10.1 Å². The average molecular weight is 356 g/mol. The summed E-state index contributed by atoms with van der Waals surface area (Å²) in [5.41, 5.74) is 0.986. The van der Waals surface area contributed by atoms with Gasteiger partial charge < -0.3 is 10.4 Å². The fraction of sp³-hybridized carbons (Fsp3) is 0.500. The zero-order valence-electron chi connectivity index (χ0n) is 9.45. The molecule has 0 aromatic heterocycles. The van der Waals surface area contributed by atoms with Crippen LogP contribution in [0.5, 0.6) is 0 Å². The van der Waals surface area contributed by atoms with Crippen LogP contribution in [-0.2, 0) is 0 Å². The number of aliphatic hydroxyl groups is 1. The van der Waals surface area contributed by atoms with E-state index < -0.39 is 0 Å². The summed E-state index contributed by atoms with van der Waals surface area (Å²) in [5, 5.41) is 13.1. The lowest BCUT2D eigenvalue weighted by Gasteiger charge is -2.11. The van der Waals surface area contributed by atoms with E-state index in [9.17, 15) is 5.11 Å². The third kappa shape index (κ3) is 6.03. The summed E-state index contributed by atoms with van der Waals surface area (Å²) in [6, 6.07) is 8.00. The molecule has 4 heteroatoms. The van der Waals surface area contributed by atoms with Gasteiger partial charge in [-0.25, -0.2) is 0 Å². The van der Waals surface area contributed by atoms with Gasteiger partial charge >= 0.3 is 0 Å². The first kappa shape index (κ1) is 16.2. The minimum absolute atomic E-state index is 0. The van der Waals surface area contributed by atoms with Crippen LogP contribution in [0.25, 0.3) is 0 Å². The molecule has 0 bridgehead atoms. The van der Waals surface area contributed by atoms with Crippen LogP contribution in [0.2, 0.25) is 0 Å². The molecule has 0 fully saturated rings. The summed E-state index contributed by atoms with van der Waals surface area (Å²) >= 11 is 2.26. The molecule has 1 rings (SSSR count). The predicted molar refractivity (Wildman–Crippen MR) is 79.1 cm³/mol. The van der Waals surface area contributed by atoms with E-state index >= 15 is 0 Å². The lowest BCUT2D eigenvalue weighted by molar-refractivity contribution is 0.175. The minimum Gasteiger partial charge on any atom is -0.387 e. The van der Waals surface area contributed by atoms with Crippen molar-refractivity contribution in [3.63, 3.8) is 0 Å². The average Bonchev–Trinajstić information content (AvgIpc) is 2.25. The summed E-state index contributed by atoms with van der Waals surface area (Å²) in [7, 11) is 0. The van der Waals surface area contributed by atoms with Crippen molar-refractivity contribution >= 4 is 35.0 Å². The molecular formula is C12H19ClINO. The molecular weight excluding hydrogens is 336 g/mol. The van der Waals surface area contributed by atoms with Crippen molar-refractivity contribution in [3.05, 3.63) is 33.4 Å². The molecule has 16 heavy (non-hydrogen) atoms. The van der Waals surface area contributed by atoms with E-state index in [0.717, 1.165) is 12.1 Å². The maximum atomic E-state index is 9.85. The van der Waals surface area contributed by atoms with Gasteiger partial charge in [0.2, 0.25) is 0 Å². The first-order valence-electron chi connectivity index (χ1n) is 5.38. The maximum absolute atomic E-state index is 9.85. The highest BCUT2D eigenvalue weighted by molar-refractivity contribution is 14.1. The Bertz CT molecular complexity index is 279. The molecule has 0 amide bonds. The van der Waals surface area contributed by atoms with Crippen molar-refractivity contribution in [2.45, 2.75) is 25.9 Å². The number of benzene rings is 1. The number of nitrogens with one attached hydrogen (secondary N) is 1. The van der Waals surface area contributed by atoms with Gasteiger partial charge in [0.25, 0.3) is 0 Å². The Labute approximate surface area is 117 Å². The van der Waals surface area contributed by atoms with E-state index in [1.807, 2.05) is 24.3 Å². The minimum atomic E-state index is -0.390. The fourth-order valence-corrected chi connectivity index (χ4v) is 1.70. The molecule has 1 aromatic rings. The Kier molecular flexibility index (Phi) is 9.31. The lowest BCUT2D eigenvalue weighted by atomic mass is 10.1. The van der Waals surface area contributed by atoms with Gasteiger partial charge in [-0.3, -0.25) is 0 Å². The van der Waals surface area contributed by atoms with Gasteiger partial charge in [-0.15, -0.1) is 12.4 Å². The van der Waals surface area contributed by atoms with Gasteiger partial charge in [0.1, 0.15) is 0 Å². The Morgan fingerprint density at radius 3 is 2.50 bits per heavy atom. The second-order valence-corrected chi connectivity index (χ2v) is 4.87. The Morgan fingerprint density at radius 2 is 1.94 bits per heavy atom. The second kappa shape index (κ2) is 9.22. The van der Waals surface area contributed by atoms with Crippen molar-refractivity contribution in [2.75, 3.05) is 13.1 Å². The molecule has 0 saturated carbocycles. The monoisotopic (exact) mass is 355 g/mol. The van der Waals surface area contributed by atoms with E-state index in [1.165, 1.54) is 16.4 Å². The molecule has 0 aliphatic heterocycles. The number of unbranched alkanes of at least 4 members (excludes halogenated alkanes) is 1. The molecule has 1 atom stereocenters. The summed E-state index contributed by atoms with van der Waals surface area (Å²) in [6.07, 6.45) is 1.96. The highest BCUT2D eigenvalue weighted by Gasteiger charge is 2.05. The molecule has 92 valence electrons. The molecule has 2 N–H and O–H groups in total. The van der Waals surface area contributed by atoms with E-state index in [0.29, 0.717) is 6.54 Å². The van der Waals surface area contributed by atoms with Crippen LogP contribution in [-0.4, -0.2) is 18.2 Å². The van der Waals surface area contributed by atoms with Crippen LogP contribution in [0.3, 0.4) is 0 Å². The number of halogens is 2. The van der Waals surface area contributed by atoms with E-state index in [1.54, 1.807) is 0 Å². The standard InChI is InChI=1S/C12H18INO.ClH/c1-2-3-8-14-9-12(15)10-4-6-11(13)7-5-10;/h4-7,12,14-15H,2-3,8-9H2,1H3;1H. The van der Waals surface area contributed by atoms with Crippen molar-refractivity contribution in [2.24, 2.45) is 0 Å². The summed E-state index contributed by atoms with van der Waals surface area (Å²) in [4.78, 5) is 0.